The number of aliphatic hydroxyl groups is 4. The Bertz CT molecular complexity index is 1280. The second-order valence-corrected chi connectivity index (χ2v) is 9.36. The molecule has 1 saturated heterocycles. The lowest BCUT2D eigenvalue weighted by molar-refractivity contribution is -0.277. The number of methoxy groups -OCH3 is 3. The van der Waals surface area contributed by atoms with Gasteiger partial charge in [0.15, 0.2) is 17.2 Å². The molecule has 6 atom stereocenters. The predicted molar refractivity (Wildman–Crippen MR) is 137 cm³/mol. The summed E-state index contributed by atoms with van der Waals surface area (Å²) in [5.41, 5.74) is 2.15. The summed E-state index contributed by atoms with van der Waals surface area (Å²) in [5.74, 6) is 0.368. The summed E-state index contributed by atoms with van der Waals surface area (Å²) in [5, 5.41) is 43.3. The van der Waals surface area contributed by atoms with Gasteiger partial charge in [-0.15, -0.1) is 0 Å². The second-order valence-electron chi connectivity index (χ2n) is 9.36. The molecule has 0 radical (unpaired) electrons. The summed E-state index contributed by atoms with van der Waals surface area (Å²) in [6.07, 6.45) is -6.56. The first-order valence-electron chi connectivity index (χ1n) is 12.4. The Morgan fingerprint density at radius 2 is 1.72 bits per heavy atom. The smallest absolute Gasteiger partial charge is 0.229 e. The molecule has 2 aromatic rings. The van der Waals surface area contributed by atoms with Gasteiger partial charge in [0.1, 0.15) is 24.4 Å². The molecule has 0 spiro atoms. The zero-order valence-electron chi connectivity index (χ0n) is 22.0. The van der Waals surface area contributed by atoms with E-state index in [2.05, 4.69) is 5.32 Å². The maximum absolute atomic E-state index is 12.9. The molecule has 0 bridgehead atoms. The maximum Gasteiger partial charge on any atom is 0.229 e. The van der Waals surface area contributed by atoms with Crippen molar-refractivity contribution in [3.63, 3.8) is 0 Å². The molecular weight excluding hydrogens is 514 g/mol. The number of aliphatic hydroxyl groups excluding tert-OH is 4. The van der Waals surface area contributed by atoms with E-state index < -0.39 is 43.4 Å². The Kier molecular flexibility index (Phi) is 8.62. The quantitative estimate of drug-likeness (QED) is 0.317. The van der Waals surface area contributed by atoms with Crippen molar-refractivity contribution in [1.29, 1.82) is 0 Å². The fraction of sp³-hybridized carbons (Fsp3) is 0.481. The number of fused-ring (bicyclic) bond motifs is 3. The van der Waals surface area contributed by atoms with Crippen molar-refractivity contribution in [2.45, 2.75) is 56.5 Å². The molecule has 1 amide bonds. The summed E-state index contributed by atoms with van der Waals surface area (Å²) in [6.45, 7) is 0.786. The Morgan fingerprint density at radius 3 is 2.33 bits per heavy atom. The van der Waals surface area contributed by atoms with E-state index in [1.807, 2.05) is 0 Å². The van der Waals surface area contributed by atoms with Gasteiger partial charge in [-0.25, -0.2) is 0 Å². The third kappa shape index (κ3) is 5.38. The monoisotopic (exact) mass is 547 g/mol. The van der Waals surface area contributed by atoms with E-state index in [4.69, 9.17) is 23.7 Å². The summed E-state index contributed by atoms with van der Waals surface area (Å²) < 4.78 is 28.1. The van der Waals surface area contributed by atoms with Crippen LogP contribution in [0.15, 0.2) is 29.1 Å². The van der Waals surface area contributed by atoms with Gasteiger partial charge in [-0.2, -0.15) is 0 Å². The van der Waals surface area contributed by atoms with Crippen LogP contribution in [0.5, 0.6) is 23.0 Å². The molecule has 2 aromatic carbocycles. The van der Waals surface area contributed by atoms with Crippen molar-refractivity contribution >= 4 is 5.91 Å². The van der Waals surface area contributed by atoms with Crippen molar-refractivity contribution in [1.82, 2.24) is 5.32 Å². The highest BCUT2D eigenvalue weighted by Crippen LogP contribution is 2.50. The van der Waals surface area contributed by atoms with Gasteiger partial charge in [0.25, 0.3) is 0 Å². The largest absolute Gasteiger partial charge is 0.493 e. The number of carbonyl (C=O) groups excluding carboxylic acids is 1. The number of hydrogen-bond donors (Lipinski definition) is 5. The Hall–Kier alpha value is -3.42. The van der Waals surface area contributed by atoms with Crippen molar-refractivity contribution in [3.8, 4) is 34.1 Å². The minimum atomic E-state index is -1.64. The van der Waals surface area contributed by atoms with Crippen LogP contribution < -0.4 is 29.7 Å². The molecule has 12 heteroatoms. The first kappa shape index (κ1) is 28.6. The minimum Gasteiger partial charge on any atom is -0.493 e. The molecule has 12 nitrogen and oxygen atoms in total. The number of ether oxygens (including phenoxy) is 5. The van der Waals surface area contributed by atoms with Crippen molar-refractivity contribution in [2.75, 3.05) is 27.9 Å². The molecule has 4 rings (SSSR count). The van der Waals surface area contributed by atoms with Gasteiger partial charge < -0.3 is 49.4 Å². The highest BCUT2D eigenvalue weighted by molar-refractivity contribution is 5.83. The molecule has 1 aliphatic heterocycles. The van der Waals surface area contributed by atoms with Crippen LogP contribution in [0.25, 0.3) is 11.1 Å². The first-order valence-corrected chi connectivity index (χ1v) is 12.4. The molecule has 1 heterocycles. The predicted octanol–water partition coefficient (Wildman–Crippen LogP) is 0.0417. The van der Waals surface area contributed by atoms with Crippen LogP contribution in [0.2, 0.25) is 0 Å². The molecular formula is C27H33NO11. The van der Waals surface area contributed by atoms with E-state index in [1.54, 1.807) is 18.2 Å². The summed E-state index contributed by atoms with van der Waals surface area (Å²) >= 11 is 0. The lowest BCUT2D eigenvalue weighted by atomic mass is 9.95. The van der Waals surface area contributed by atoms with Crippen LogP contribution in [0.1, 0.15) is 30.5 Å². The third-order valence-electron chi connectivity index (χ3n) is 6.97. The van der Waals surface area contributed by atoms with Gasteiger partial charge in [-0.05, 0) is 47.7 Å². The average molecular weight is 548 g/mol. The number of aryl methyl sites for hydroxylation is 1. The topological polar surface area (TPSA) is 173 Å². The number of benzene rings is 1. The van der Waals surface area contributed by atoms with Crippen LogP contribution in [0.3, 0.4) is 0 Å². The van der Waals surface area contributed by atoms with Gasteiger partial charge in [-0.3, -0.25) is 9.59 Å². The Labute approximate surface area is 224 Å². The van der Waals surface area contributed by atoms with Crippen molar-refractivity contribution in [2.24, 2.45) is 0 Å². The highest BCUT2D eigenvalue weighted by Gasteiger charge is 2.45. The van der Waals surface area contributed by atoms with E-state index >= 15 is 0 Å². The molecule has 1 aliphatic carbocycles. The molecule has 2 aliphatic rings. The number of carbonyl (C=O) groups is 1. The summed E-state index contributed by atoms with van der Waals surface area (Å²) in [7, 11) is 4.23. The van der Waals surface area contributed by atoms with Crippen LogP contribution >= 0.6 is 0 Å². The number of rotatable bonds is 7. The third-order valence-corrected chi connectivity index (χ3v) is 6.97. The standard InChI is InChI=1S/C27H33NO11/c1-12(30)28-16-7-5-13-9-19(38-27-24(34)23(33)22(32)20(11-29)39-27)25(36-3)26(37-4)21(13)14-6-8-18(35-2)17(31)10-15(14)16/h6,8-10,16,20,22-24,27,29,32-34H,5,7,11H2,1-4H3,(H,28,30)/t16-,20+,22-,23-,24-,27-/m1/s1. The first-order chi connectivity index (χ1) is 18.6. The maximum atomic E-state index is 12.9. The van der Waals surface area contributed by atoms with Crippen LogP contribution in [-0.4, -0.2) is 85.0 Å². The Balaban J connectivity index is 1.89. The molecule has 0 unspecified atom stereocenters. The molecule has 5 N–H and O–H groups in total. The minimum absolute atomic E-state index is 0.111. The second kappa shape index (κ2) is 11.8. The van der Waals surface area contributed by atoms with Gasteiger partial charge in [0, 0.05) is 12.5 Å². The average Bonchev–Trinajstić information content (AvgIpc) is 3.16. The summed E-state index contributed by atoms with van der Waals surface area (Å²) in [6, 6.07) is 5.87. The van der Waals surface area contributed by atoms with Crippen molar-refractivity contribution < 1.29 is 48.9 Å². The molecule has 1 fully saturated rings. The molecule has 0 saturated carbocycles. The lowest BCUT2D eigenvalue weighted by Gasteiger charge is -2.39. The normalized spacial score (nSPS) is 25.9. The van der Waals surface area contributed by atoms with E-state index in [1.165, 1.54) is 34.3 Å². The van der Waals surface area contributed by atoms with Gasteiger partial charge >= 0.3 is 0 Å². The molecule has 39 heavy (non-hydrogen) atoms. The number of nitrogens with one attached hydrogen (secondary N) is 1. The van der Waals surface area contributed by atoms with Crippen LogP contribution in [-0.2, 0) is 16.0 Å². The lowest BCUT2D eigenvalue weighted by Crippen LogP contribution is -2.60. The van der Waals surface area contributed by atoms with E-state index in [-0.39, 0.29) is 34.3 Å². The Morgan fingerprint density at radius 1 is 1.00 bits per heavy atom. The number of amides is 1. The van der Waals surface area contributed by atoms with E-state index in [0.29, 0.717) is 29.5 Å². The highest BCUT2D eigenvalue weighted by atomic mass is 16.7. The fourth-order valence-corrected chi connectivity index (χ4v) is 5.09. The van der Waals surface area contributed by atoms with E-state index in [0.717, 1.165) is 5.56 Å². The van der Waals surface area contributed by atoms with E-state index in [9.17, 15) is 30.0 Å². The molecule has 212 valence electrons. The van der Waals surface area contributed by atoms with Gasteiger partial charge in [0.05, 0.1) is 34.0 Å². The number of hydrogen-bond acceptors (Lipinski definition) is 11. The fourth-order valence-electron chi connectivity index (χ4n) is 5.09. The van der Waals surface area contributed by atoms with Crippen LogP contribution in [0, 0.1) is 0 Å². The van der Waals surface area contributed by atoms with Crippen LogP contribution in [0.4, 0.5) is 0 Å². The van der Waals surface area contributed by atoms with Gasteiger partial charge in [-0.1, -0.05) is 6.07 Å². The summed E-state index contributed by atoms with van der Waals surface area (Å²) in [4.78, 5) is 24.9. The zero-order chi connectivity index (χ0) is 28.4. The van der Waals surface area contributed by atoms with Crippen molar-refractivity contribution in [3.05, 3.63) is 45.6 Å². The van der Waals surface area contributed by atoms with Gasteiger partial charge in [0.2, 0.25) is 23.4 Å². The zero-order valence-corrected chi connectivity index (χ0v) is 22.0. The molecule has 0 aromatic heterocycles. The SMILES string of the molecule is COc1c(O[C@@H]2O[C@@H](CO)[C@@H](O)[C@@H](O)[C@H]2O)cc2c(c1OC)-c1ccc(OC)c(=O)cc1[C@H](NC(C)=O)CC2.